The average Bonchev–Trinajstić information content (AvgIpc) is 2.69. The molecule has 7 heteroatoms. The third-order valence-corrected chi connectivity index (χ3v) is 4.59. The van der Waals surface area contributed by atoms with Gasteiger partial charge in [-0.25, -0.2) is 0 Å². The lowest BCUT2D eigenvalue weighted by Crippen LogP contribution is -2.42. The van der Waals surface area contributed by atoms with Gasteiger partial charge in [-0.2, -0.15) is 0 Å². The number of methoxy groups -OCH3 is 1. The Kier molecular flexibility index (Phi) is 12.7. The molecule has 0 aliphatic rings. The Morgan fingerprint density at radius 3 is 2.46 bits per heavy atom. The first kappa shape index (κ1) is 23.9. The Labute approximate surface area is 173 Å². The van der Waals surface area contributed by atoms with Crippen LogP contribution in [-0.4, -0.2) is 36.7 Å². The van der Waals surface area contributed by atoms with Crippen LogP contribution in [0.15, 0.2) is 30.3 Å². The lowest BCUT2D eigenvalue weighted by molar-refractivity contribution is -0.140. The number of anilines is 1. The quantitative estimate of drug-likeness (QED) is 0.262. The van der Waals surface area contributed by atoms with Crippen molar-refractivity contribution in [1.29, 1.82) is 0 Å². The molecule has 1 aromatic rings. The lowest BCUT2D eigenvalue weighted by Gasteiger charge is -2.20. The first-order valence-corrected chi connectivity index (χ1v) is 10.4. The van der Waals surface area contributed by atoms with Crippen LogP contribution in [0.25, 0.3) is 0 Å². The number of unbranched alkanes of at least 4 members (excludes halogenated alkanes) is 1. The highest BCUT2D eigenvalue weighted by atomic mass is 32.1. The van der Waals surface area contributed by atoms with E-state index in [1.165, 1.54) is 7.11 Å². The zero-order chi connectivity index (χ0) is 20.6. The zero-order valence-corrected chi connectivity index (χ0v) is 17.8. The third kappa shape index (κ3) is 11.5. The van der Waals surface area contributed by atoms with Crippen molar-refractivity contribution in [2.75, 3.05) is 19.0 Å². The van der Waals surface area contributed by atoms with Gasteiger partial charge >= 0.3 is 5.97 Å². The summed E-state index contributed by atoms with van der Waals surface area (Å²) in [5, 5.41) is 9.98. The standard InChI is InChI=1S/C21H33N3O3S/c1-3-4-10-18(13-8-15-20(26)27-2)24-21(28)22-16-9-14-19(25)23-17-11-6-5-7-12-17/h5-7,11-12,18H,3-4,8-10,13-16H2,1-2H3,(H,23,25)(H2,22,24,28)/t18-/m0/s1. The molecule has 0 fully saturated rings. The van der Waals surface area contributed by atoms with Crippen molar-refractivity contribution in [2.45, 2.75) is 64.3 Å². The Bertz CT molecular complexity index is 596. The Morgan fingerprint density at radius 1 is 1.07 bits per heavy atom. The Hall–Kier alpha value is -2.15. The number of para-hydroxylation sites is 1. The van der Waals surface area contributed by atoms with Crippen molar-refractivity contribution < 1.29 is 14.3 Å². The number of carbonyl (C=O) groups is 2. The molecule has 6 nitrogen and oxygen atoms in total. The minimum atomic E-state index is -0.177. The number of hydrogen-bond donors (Lipinski definition) is 3. The summed E-state index contributed by atoms with van der Waals surface area (Å²) in [7, 11) is 1.41. The molecule has 0 spiro atoms. The van der Waals surface area contributed by atoms with Crippen molar-refractivity contribution in [1.82, 2.24) is 10.6 Å². The van der Waals surface area contributed by atoms with E-state index in [1.54, 1.807) is 0 Å². The number of thiocarbonyl (C=S) groups is 1. The van der Waals surface area contributed by atoms with Crippen LogP contribution in [-0.2, 0) is 14.3 Å². The Morgan fingerprint density at radius 2 is 1.79 bits per heavy atom. The van der Waals surface area contributed by atoms with Gasteiger partial charge in [-0.15, -0.1) is 0 Å². The molecule has 1 rings (SSSR count). The third-order valence-electron chi connectivity index (χ3n) is 4.33. The van der Waals surface area contributed by atoms with Crippen LogP contribution >= 0.6 is 12.2 Å². The molecule has 0 aliphatic carbocycles. The minimum absolute atomic E-state index is 0.00416. The Balaban J connectivity index is 2.23. The van der Waals surface area contributed by atoms with Crippen LogP contribution in [0.2, 0.25) is 0 Å². The molecular weight excluding hydrogens is 374 g/mol. The molecule has 0 saturated heterocycles. The van der Waals surface area contributed by atoms with Crippen molar-refractivity contribution in [2.24, 2.45) is 0 Å². The molecule has 156 valence electrons. The summed E-state index contributed by atoms with van der Waals surface area (Å²) in [6, 6.07) is 9.67. The van der Waals surface area contributed by atoms with Crippen molar-refractivity contribution >= 4 is 34.9 Å². The summed E-state index contributed by atoms with van der Waals surface area (Å²) >= 11 is 5.38. The zero-order valence-electron chi connectivity index (χ0n) is 17.0. The van der Waals surface area contributed by atoms with E-state index < -0.39 is 0 Å². The van der Waals surface area contributed by atoms with Gasteiger partial charge in [-0.1, -0.05) is 38.0 Å². The lowest BCUT2D eigenvalue weighted by atomic mass is 10.0. The summed E-state index contributed by atoms with van der Waals surface area (Å²) < 4.78 is 4.69. The number of carbonyl (C=O) groups excluding carboxylic acids is 2. The molecule has 0 heterocycles. The molecule has 0 aliphatic heterocycles. The maximum atomic E-state index is 11.9. The summed E-state index contributed by atoms with van der Waals surface area (Å²) in [6.07, 6.45) is 6.44. The highest BCUT2D eigenvalue weighted by Gasteiger charge is 2.11. The summed E-state index contributed by atoms with van der Waals surface area (Å²) in [5.41, 5.74) is 0.809. The number of rotatable bonds is 13. The van der Waals surface area contributed by atoms with Crippen LogP contribution in [0, 0.1) is 0 Å². The smallest absolute Gasteiger partial charge is 0.305 e. The van der Waals surface area contributed by atoms with Crippen molar-refractivity contribution in [3.05, 3.63) is 30.3 Å². The number of hydrogen-bond acceptors (Lipinski definition) is 4. The SMILES string of the molecule is CCCC[C@@H](CCCC(=O)OC)NC(=S)NCCCC(=O)Nc1ccccc1. The molecule has 0 aromatic heterocycles. The van der Waals surface area contributed by atoms with E-state index in [4.69, 9.17) is 12.2 Å². The molecule has 0 bridgehead atoms. The fourth-order valence-corrected chi connectivity index (χ4v) is 3.04. The van der Waals surface area contributed by atoms with Gasteiger partial charge in [-0.3, -0.25) is 9.59 Å². The van der Waals surface area contributed by atoms with E-state index in [9.17, 15) is 9.59 Å². The number of ether oxygens (including phenoxy) is 1. The molecule has 1 aromatic carbocycles. The first-order chi connectivity index (χ1) is 13.5. The van der Waals surface area contributed by atoms with Gasteiger partial charge in [0.05, 0.1) is 7.11 Å². The molecule has 3 N–H and O–H groups in total. The van der Waals surface area contributed by atoms with E-state index in [0.717, 1.165) is 37.8 Å². The van der Waals surface area contributed by atoms with Gasteiger partial charge in [0, 0.05) is 31.1 Å². The topological polar surface area (TPSA) is 79.5 Å². The first-order valence-electron chi connectivity index (χ1n) is 10.0. The van der Waals surface area contributed by atoms with Gasteiger partial charge in [-0.05, 0) is 50.0 Å². The van der Waals surface area contributed by atoms with Crippen LogP contribution in [0.4, 0.5) is 5.69 Å². The molecule has 0 radical (unpaired) electrons. The largest absolute Gasteiger partial charge is 0.469 e. The molecule has 1 atom stereocenters. The molecule has 0 saturated carbocycles. The van der Waals surface area contributed by atoms with Crippen LogP contribution in [0.3, 0.4) is 0 Å². The van der Waals surface area contributed by atoms with E-state index in [1.807, 2.05) is 30.3 Å². The van der Waals surface area contributed by atoms with Crippen molar-refractivity contribution in [3.8, 4) is 0 Å². The summed E-state index contributed by atoms with van der Waals surface area (Å²) in [6.45, 7) is 2.79. The molecule has 0 unspecified atom stereocenters. The van der Waals surface area contributed by atoms with Gasteiger partial charge in [0.2, 0.25) is 5.91 Å². The second kappa shape index (κ2) is 14.9. The van der Waals surface area contributed by atoms with Gasteiger partial charge < -0.3 is 20.7 Å². The highest BCUT2D eigenvalue weighted by Crippen LogP contribution is 2.09. The van der Waals surface area contributed by atoms with E-state index >= 15 is 0 Å². The van der Waals surface area contributed by atoms with Crippen molar-refractivity contribution in [3.63, 3.8) is 0 Å². The van der Waals surface area contributed by atoms with E-state index in [2.05, 4.69) is 27.6 Å². The maximum absolute atomic E-state index is 11.9. The number of esters is 1. The molecule has 28 heavy (non-hydrogen) atoms. The summed E-state index contributed by atoms with van der Waals surface area (Å²) in [5.74, 6) is -0.181. The number of nitrogens with one attached hydrogen (secondary N) is 3. The van der Waals surface area contributed by atoms with Crippen LogP contribution in [0.5, 0.6) is 0 Å². The summed E-state index contributed by atoms with van der Waals surface area (Å²) in [4.78, 5) is 23.2. The fraction of sp³-hybridized carbons (Fsp3) is 0.571. The second-order valence-electron chi connectivity index (χ2n) is 6.73. The van der Waals surface area contributed by atoms with E-state index in [-0.39, 0.29) is 17.9 Å². The predicted octanol–water partition coefficient (Wildman–Crippen LogP) is 3.77. The van der Waals surface area contributed by atoms with Crippen LogP contribution in [0.1, 0.15) is 58.3 Å². The van der Waals surface area contributed by atoms with E-state index in [0.29, 0.717) is 30.9 Å². The van der Waals surface area contributed by atoms with Gasteiger partial charge in [0.15, 0.2) is 5.11 Å². The highest BCUT2D eigenvalue weighted by molar-refractivity contribution is 7.80. The normalized spacial score (nSPS) is 11.4. The van der Waals surface area contributed by atoms with Gasteiger partial charge in [0.25, 0.3) is 0 Å². The maximum Gasteiger partial charge on any atom is 0.305 e. The molecule has 1 amide bonds. The minimum Gasteiger partial charge on any atom is -0.469 e. The number of benzene rings is 1. The fourth-order valence-electron chi connectivity index (χ4n) is 2.77. The average molecular weight is 408 g/mol. The molecular formula is C21H33N3O3S. The predicted molar refractivity (Wildman–Crippen MR) is 117 cm³/mol. The van der Waals surface area contributed by atoms with Gasteiger partial charge in [0.1, 0.15) is 0 Å². The second-order valence-corrected chi connectivity index (χ2v) is 7.13. The van der Waals surface area contributed by atoms with Crippen LogP contribution < -0.4 is 16.0 Å². The monoisotopic (exact) mass is 407 g/mol. The number of amides is 1.